The second kappa shape index (κ2) is 8.70. The topological polar surface area (TPSA) is 79.7 Å². The molecule has 0 amide bonds. The van der Waals surface area contributed by atoms with Crippen LogP contribution >= 0.6 is 11.6 Å². The number of nitrogens with zero attached hydrogens (tertiary/aromatic N) is 5. The third-order valence-corrected chi connectivity index (χ3v) is 5.58. The molecule has 4 rings (SSSR count). The zero-order valence-electron chi connectivity index (χ0n) is 16.7. The number of hydrogen-bond acceptors (Lipinski definition) is 4. The Morgan fingerprint density at radius 3 is 2.77 bits per heavy atom. The summed E-state index contributed by atoms with van der Waals surface area (Å²) in [5, 5.41) is 19.7. The minimum atomic E-state index is -0.169. The van der Waals surface area contributed by atoms with Crippen LogP contribution in [0.25, 0.3) is 16.7 Å². The fraction of sp³-hybridized carbons (Fsp3) is 0.261. The number of rotatable bonds is 7. The van der Waals surface area contributed by atoms with E-state index in [-0.39, 0.29) is 6.61 Å². The number of imidazole rings is 2. The van der Waals surface area contributed by atoms with E-state index in [9.17, 15) is 10.4 Å². The average Bonchev–Trinajstić information content (AvgIpc) is 3.33. The van der Waals surface area contributed by atoms with Crippen LogP contribution in [0.5, 0.6) is 0 Å². The lowest BCUT2D eigenvalue weighted by atomic mass is 10.1. The highest BCUT2D eigenvalue weighted by Gasteiger charge is 2.17. The van der Waals surface area contributed by atoms with Crippen LogP contribution in [-0.2, 0) is 19.6 Å². The van der Waals surface area contributed by atoms with Crippen LogP contribution in [0.1, 0.15) is 42.4 Å². The van der Waals surface area contributed by atoms with Crippen LogP contribution in [0.15, 0.2) is 48.8 Å². The fourth-order valence-corrected chi connectivity index (χ4v) is 3.99. The minimum Gasteiger partial charge on any atom is -0.390 e. The Morgan fingerprint density at radius 1 is 1.17 bits per heavy atom. The van der Waals surface area contributed by atoms with Gasteiger partial charge in [0.05, 0.1) is 41.1 Å². The molecule has 2 aromatic heterocycles. The van der Waals surface area contributed by atoms with Crippen molar-refractivity contribution in [3.05, 3.63) is 76.6 Å². The van der Waals surface area contributed by atoms with Crippen molar-refractivity contribution < 1.29 is 5.11 Å². The van der Waals surface area contributed by atoms with Crippen molar-refractivity contribution in [2.45, 2.75) is 39.3 Å². The Balaban J connectivity index is 1.79. The van der Waals surface area contributed by atoms with Crippen LogP contribution in [0, 0.1) is 11.3 Å². The number of aliphatic hydroxyl groups excluding tert-OH is 1. The Labute approximate surface area is 180 Å². The third-order valence-electron chi connectivity index (χ3n) is 5.28. The van der Waals surface area contributed by atoms with E-state index in [1.165, 1.54) is 0 Å². The lowest BCUT2D eigenvalue weighted by Crippen LogP contribution is -2.09. The Kier molecular flexibility index (Phi) is 5.84. The summed E-state index contributed by atoms with van der Waals surface area (Å²) >= 11 is 6.29. The molecule has 7 heteroatoms. The first kappa shape index (κ1) is 20.1. The second-order valence-corrected chi connectivity index (χ2v) is 7.50. The molecule has 2 heterocycles. The number of hydrogen-bond donors (Lipinski definition) is 1. The predicted octanol–water partition coefficient (Wildman–Crippen LogP) is 4.63. The van der Waals surface area contributed by atoms with Crippen molar-refractivity contribution in [1.82, 2.24) is 19.1 Å². The van der Waals surface area contributed by atoms with Crippen molar-refractivity contribution >= 4 is 22.6 Å². The second-order valence-electron chi connectivity index (χ2n) is 7.14. The monoisotopic (exact) mass is 419 g/mol. The molecule has 0 atom stereocenters. The first-order valence-electron chi connectivity index (χ1n) is 9.97. The molecule has 0 radical (unpaired) electrons. The van der Waals surface area contributed by atoms with Crippen LogP contribution < -0.4 is 0 Å². The molecule has 0 spiro atoms. The minimum absolute atomic E-state index is 0.169. The highest BCUT2D eigenvalue weighted by molar-refractivity contribution is 6.30. The summed E-state index contributed by atoms with van der Waals surface area (Å²) in [6.07, 6.45) is 4.60. The Hall–Kier alpha value is -3.14. The van der Waals surface area contributed by atoms with Gasteiger partial charge in [0.2, 0.25) is 0 Å². The molecule has 2 aromatic carbocycles. The summed E-state index contributed by atoms with van der Waals surface area (Å²) < 4.78 is 3.93. The zero-order chi connectivity index (χ0) is 21.1. The van der Waals surface area contributed by atoms with Gasteiger partial charge in [0.25, 0.3) is 0 Å². The summed E-state index contributed by atoms with van der Waals surface area (Å²) in [5.41, 5.74) is 4.77. The lowest BCUT2D eigenvalue weighted by Gasteiger charge is -2.12. The van der Waals surface area contributed by atoms with E-state index in [0.29, 0.717) is 23.0 Å². The van der Waals surface area contributed by atoms with E-state index in [1.807, 2.05) is 45.5 Å². The van der Waals surface area contributed by atoms with Crippen molar-refractivity contribution in [3.8, 4) is 11.8 Å². The smallest absolute Gasteiger partial charge is 0.152 e. The molecule has 0 bridgehead atoms. The van der Waals surface area contributed by atoms with E-state index in [2.05, 4.69) is 23.0 Å². The normalized spacial score (nSPS) is 11.1. The van der Waals surface area contributed by atoms with Crippen LogP contribution in [-0.4, -0.2) is 24.2 Å². The van der Waals surface area contributed by atoms with Gasteiger partial charge >= 0.3 is 0 Å². The van der Waals surface area contributed by atoms with Gasteiger partial charge in [-0.2, -0.15) is 5.26 Å². The first-order valence-corrected chi connectivity index (χ1v) is 10.3. The van der Waals surface area contributed by atoms with Gasteiger partial charge in [-0.1, -0.05) is 49.2 Å². The molecule has 152 valence electrons. The first-order chi connectivity index (χ1) is 14.7. The van der Waals surface area contributed by atoms with Gasteiger partial charge in [-0.25, -0.2) is 9.97 Å². The summed E-state index contributed by atoms with van der Waals surface area (Å²) in [4.78, 5) is 9.12. The van der Waals surface area contributed by atoms with Gasteiger partial charge in [0.1, 0.15) is 18.2 Å². The van der Waals surface area contributed by atoms with E-state index in [0.717, 1.165) is 47.4 Å². The number of fused-ring (bicyclic) bond motifs is 1. The molecular weight excluding hydrogens is 398 g/mol. The number of benzene rings is 2. The maximum atomic E-state index is 9.84. The molecule has 0 aliphatic heterocycles. The lowest BCUT2D eigenvalue weighted by molar-refractivity contribution is 0.271. The van der Waals surface area contributed by atoms with Crippen molar-refractivity contribution in [2.75, 3.05) is 0 Å². The largest absolute Gasteiger partial charge is 0.390 e. The maximum Gasteiger partial charge on any atom is 0.152 e. The molecular formula is C23H22ClN5O. The number of aliphatic hydroxyl groups is 1. The van der Waals surface area contributed by atoms with Gasteiger partial charge in [0.15, 0.2) is 5.15 Å². The molecule has 0 saturated heterocycles. The number of aromatic nitrogens is 4. The van der Waals surface area contributed by atoms with Gasteiger partial charge in [-0.15, -0.1) is 0 Å². The standard InChI is InChI=1S/C23H22ClN5O/c1-2-3-11-21-27-23(24)20(14-30)28(21)13-17-8-6-10-19-22(17)26-15-29(19)18-9-5-4-7-16(18)12-25/h4-10,15,30H,2-3,11,13-14H2,1H3. The molecule has 0 fully saturated rings. The van der Waals surface area contributed by atoms with Crippen molar-refractivity contribution in [2.24, 2.45) is 0 Å². The van der Waals surface area contributed by atoms with Crippen LogP contribution in [0.2, 0.25) is 5.15 Å². The van der Waals surface area contributed by atoms with Crippen LogP contribution in [0.3, 0.4) is 0 Å². The van der Waals surface area contributed by atoms with Gasteiger partial charge in [-0.3, -0.25) is 4.57 Å². The zero-order valence-corrected chi connectivity index (χ0v) is 17.5. The highest BCUT2D eigenvalue weighted by atomic mass is 35.5. The van der Waals surface area contributed by atoms with Gasteiger partial charge in [-0.05, 0) is 30.2 Å². The number of halogens is 1. The molecule has 0 aliphatic carbocycles. The highest BCUT2D eigenvalue weighted by Crippen LogP contribution is 2.26. The van der Waals surface area contributed by atoms with E-state index in [1.54, 1.807) is 12.4 Å². The number of unbranched alkanes of at least 4 members (excludes halogenated alkanes) is 1. The quantitative estimate of drug-likeness (QED) is 0.473. The summed E-state index contributed by atoms with van der Waals surface area (Å²) in [7, 11) is 0. The van der Waals surface area contributed by atoms with E-state index >= 15 is 0 Å². The average molecular weight is 420 g/mol. The van der Waals surface area contributed by atoms with E-state index < -0.39 is 0 Å². The molecule has 0 saturated carbocycles. The third kappa shape index (κ3) is 3.58. The Bertz CT molecular complexity index is 1230. The van der Waals surface area contributed by atoms with Crippen molar-refractivity contribution in [1.29, 1.82) is 5.26 Å². The molecule has 0 unspecified atom stereocenters. The Morgan fingerprint density at radius 2 is 2.00 bits per heavy atom. The molecule has 0 aliphatic rings. The molecule has 4 aromatic rings. The molecule has 30 heavy (non-hydrogen) atoms. The fourth-order valence-electron chi connectivity index (χ4n) is 3.74. The van der Waals surface area contributed by atoms with Crippen molar-refractivity contribution in [3.63, 3.8) is 0 Å². The van der Waals surface area contributed by atoms with Gasteiger partial charge < -0.3 is 9.67 Å². The SMILES string of the molecule is CCCCc1nc(Cl)c(CO)n1Cc1cccc2c1ncn2-c1ccccc1C#N. The number of nitriles is 1. The summed E-state index contributed by atoms with van der Waals surface area (Å²) in [6.45, 7) is 2.48. The van der Waals surface area contributed by atoms with Gasteiger partial charge in [0, 0.05) is 6.42 Å². The predicted molar refractivity (Wildman–Crippen MR) is 117 cm³/mol. The van der Waals surface area contributed by atoms with E-state index in [4.69, 9.17) is 11.6 Å². The molecule has 1 N–H and O–H groups in total. The summed E-state index contributed by atoms with van der Waals surface area (Å²) in [6, 6.07) is 15.7. The summed E-state index contributed by atoms with van der Waals surface area (Å²) in [5.74, 6) is 0.872. The number of para-hydroxylation sites is 2. The number of aryl methyl sites for hydroxylation is 1. The van der Waals surface area contributed by atoms with Crippen LogP contribution in [0.4, 0.5) is 0 Å². The molecule has 6 nitrogen and oxygen atoms in total. The maximum absolute atomic E-state index is 9.84.